The topological polar surface area (TPSA) is 133 Å². The number of aromatic nitrogens is 4. The molecule has 1 aliphatic heterocycles. The number of H-pyrrole nitrogens is 2. The first-order chi connectivity index (χ1) is 14.9. The van der Waals surface area contributed by atoms with Gasteiger partial charge in [0.25, 0.3) is 5.56 Å². The number of aryl methyl sites for hydroxylation is 2. The SMILES string of the molecule is Cn1c(=O)[nH]c(=O)c2[nH]c(CCC(=O)N3CCCC(C(=O)Nc4ccccc4)C3)nc21. The highest BCUT2D eigenvalue weighted by Gasteiger charge is 2.28. The van der Waals surface area contributed by atoms with Crippen LogP contribution in [0.1, 0.15) is 25.1 Å². The Bertz CT molecular complexity index is 1230. The van der Waals surface area contributed by atoms with E-state index in [1.54, 1.807) is 4.90 Å². The van der Waals surface area contributed by atoms with Gasteiger partial charge in [-0.1, -0.05) is 18.2 Å². The molecule has 10 heteroatoms. The summed E-state index contributed by atoms with van der Waals surface area (Å²) in [6, 6.07) is 9.26. The number of likely N-dealkylation sites (tertiary alicyclic amines) is 1. The number of carbonyl (C=O) groups excluding carboxylic acids is 2. The minimum absolute atomic E-state index is 0.0690. The Hall–Kier alpha value is -3.69. The van der Waals surface area contributed by atoms with Crippen LogP contribution in [0.4, 0.5) is 5.69 Å². The Balaban J connectivity index is 1.37. The number of piperidine rings is 1. The molecule has 2 amide bonds. The van der Waals surface area contributed by atoms with E-state index >= 15 is 0 Å². The van der Waals surface area contributed by atoms with Crippen LogP contribution in [0, 0.1) is 5.92 Å². The van der Waals surface area contributed by atoms with E-state index in [2.05, 4.69) is 20.3 Å². The molecule has 1 fully saturated rings. The highest BCUT2D eigenvalue weighted by Crippen LogP contribution is 2.20. The van der Waals surface area contributed by atoms with Gasteiger partial charge in [-0.3, -0.25) is 23.9 Å². The molecule has 0 bridgehead atoms. The lowest BCUT2D eigenvalue weighted by molar-refractivity contribution is -0.134. The Morgan fingerprint density at radius 2 is 1.97 bits per heavy atom. The van der Waals surface area contributed by atoms with Gasteiger partial charge in [0, 0.05) is 38.7 Å². The number of para-hydroxylation sites is 1. The molecule has 162 valence electrons. The van der Waals surface area contributed by atoms with Crippen molar-refractivity contribution in [2.24, 2.45) is 13.0 Å². The number of aromatic amines is 2. The van der Waals surface area contributed by atoms with Crippen LogP contribution in [-0.4, -0.2) is 49.3 Å². The molecular weight excluding hydrogens is 400 g/mol. The summed E-state index contributed by atoms with van der Waals surface area (Å²) in [5.41, 5.74) is 0.128. The van der Waals surface area contributed by atoms with E-state index in [4.69, 9.17) is 0 Å². The minimum atomic E-state index is -0.542. The fourth-order valence-corrected chi connectivity index (χ4v) is 3.84. The summed E-state index contributed by atoms with van der Waals surface area (Å²) >= 11 is 0. The van der Waals surface area contributed by atoms with Crippen molar-refractivity contribution in [2.45, 2.75) is 25.7 Å². The predicted molar refractivity (Wildman–Crippen MR) is 115 cm³/mol. The molecule has 3 aromatic rings. The van der Waals surface area contributed by atoms with Gasteiger partial charge in [-0.25, -0.2) is 9.78 Å². The number of hydrogen-bond donors (Lipinski definition) is 3. The van der Waals surface area contributed by atoms with Gasteiger partial charge < -0.3 is 15.2 Å². The molecule has 10 nitrogen and oxygen atoms in total. The van der Waals surface area contributed by atoms with Crippen LogP contribution < -0.4 is 16.6 Å². The molecule has 0 aliphatic carbocycles. The summed E-state index contributed by atoms with van der Waals surface area (Å²) in [5, 5.41) is 2.91. The van der Waals surface area contributed by atoms with Crippen LogP contribution in [-0.2, 0) is 23.1 Å². The van der Waals surface area contributed by atoms with Crippen molar-refractivity contribution in [3.8, 4) is 0 Å². The lowest BCUT2D eigenvalue weighted by Crippen LogP contribution is -2.43. The maximum absolute atomic E-state index is 12.7. The Labute approximate surface area is 177 Å². The Morgan fingerprint density at radius 1 is 1.19 bits per heavy atom. The zero-order chi connectivity index (χ0) is 22.0. The molecule has 1 aromatic carbocycles. The van der Waals surface area contributed by atoms with Crippen LogP contribution in [0.15, 0.2) is 39.9 Å². The second-order valence-corrected chi connectivity index (χ2v) is 7.73. The fraction of sp³-hybridized carbons (Fsp3) is 0.381. The number of amides is 2. The van der Waals surface area contributed by atoms with Gasteiger partial charge in [-0.2, -0.15) is 0 Å². The van der Waals surface area contributed by atoms with Gasteiger partial charge in [0.2, 0.25) is 11.8 Å². The van der Waals surface area contributed by atoms with E-state index in [0.29, 0.717) is 25.3 Å². The van der Waals surface area contributed by atoms with Crippen LogP contribution in [0.3, 0.4) is 0 Å². The molecule has 3 N–H and O–H groups in total. The molecule has 0 spiro atoms. The van der Waals surface area contributed by atoms with Crippen molar-refractivity contribution >= 4 is 28.7 Å². The summed E-state index contributed by atoms with van der Waals surface area (Å²) in [5.74, 6) is 0.0595. The minimum Gasteiger partial charge on any atom is -0.342 e. The number of rotatable bonds is 5. The third-order valence-corrected chi connectivity index (χ3v) is 5.57. The van der Waals surface area contributed by atoms with Gasteiger partial charge in [-0.15, -0.1) is 0 Å². The van der Waals surface area contributed by atoms with E-state index in [1.165, 1.54) is 11.6 Å². The quantitative estimate of drug-likeness (QED) is 0.556. The number of benzene rings is 1. The standard InChI is InChI=1S/C21H24N6O4/c1-26-18-17(20(30)25-21(26)31)23-15(24-18)9-10-16(28)27-11-5-6-13(12-27)19(29)22-14-7-3-2-4-8-14/h2-4,7-8,13H,5-6,9-12H2,1H3,(H,22,29)(H,23,24)(H,25,30,31). The molecule has 1 atom stereocenters. The molecule has 1 aliphatic rings. The molecular formula is C21H24N6O4. The lowest BCUT2D eigenvalue weighted by atomic mass is 9.96. The van der Waals surface area contributed by atoms with Crippen molar-refractivity contribution in [1.82, 2.24) is 24.4 Å². The van der Waals surface area contributed by atoms with Gasteiger partial charge in [0.15, 0.2) is 5.65 Å². The average Bonchev–Trinajstić information content (AvgIpc) is 3.22. The zero-order valence-corrected chi connectivity index (χ0v) is 17.2. The molecule has 0 radical (unpaired) electrons. The second kappa shape index (κ2) is 8.58. The first kappa shape index (κ1) is 20.6. The Kier molecular flexibility index (Phi) is 5.70. The summed E-state index contributed by atoms with van der Waals surface area (Å²) in [7, 11) is 1.52. The lowest BCUT2D eigenvalue weighted by Gasteiger charge is -2.32. The Morgan fingerprint density at radius 3 is 2.74 bits per heavy atom. The number of hydrogen-bond acceptors (Lipinski definition) is 5. The van der Waals surface area contributed by atoms with Crippen LogP contribution in [0.2, 0.25) is 0 Å². The molecule has 3 heterocycles. The third-order valence-electron chi connectivity index (χ3n) is 5.57. The number of nitrogens with zero attached hydrogens (tertiary/aromatic N) is 3. The molecule has 0 saturated carbocycles. The number of nitrogens with one attached hydrogen (secondary N) is 3. The first-order valence-electron chi connectivity index (χ1n) is 10.2. The molecule has 2 aromatic heterocycles. The highest BCUT2D eigenvalue weighted by atomic mass is 16.2. The number of carbonyl (C=O) groups is 2. The smallest absolute Gasteiger partial charge is 0.329 e. The number of imidazole rings is 1. The van der Waals surface area contributed by atoms with E-state index < -0.39 is 11.2 Å². The molecule has 4 rings (SSSR count). The predicted octanol–water partition coefficient (Wildman–Crippen LogP) is 0.760. The average molecular weight is 424 g/mol. The van der Waals surface area contributed by atoms with Gasteiger partial charge in [0.05, 0.1) is 5.92 Å². The van der Waals surface area contributed by atoms with Crippen LogP contribution in [0.5, 0.6) is 0 Å². The summed E-state index contributed by atoms with van der Waals surface area (Å²) in [6.45, 7) is 0.994. The van der Waals surface area contributed by atoms with Crippen LogP contribution in [0.25, 0.3) is 11.2 Å². The monoisotopic (exact) mass is 424 g/mol. The van der Waals surface area contributed by atoms with Crippen LogP contribution >= 0.6 is 0 Å². The fourth-order valence-electron chi connectivity index (χ4n) is 3.84. The molecule has 1 saturated heterocycles. The summed E-state index contributed by atoms with van der Waals surface area (Å²) in [6.07, 6.45) is 2.00. The maximum Gasteiger partial charge on any atom is 0.329 e. The van der Waals surface area contributed by atoms with E-state index in [9.17, 15) is 19.2 Å². The van der Waals surface area contributed by atoms with Crippen molar-refractivity contribution in [3.63, 3.8) is 0 Å². The number of fused-ring (bicyclic) bond motifs is 1. The van der Waals surface area contributed by atoms with Gasteiger partial charge in [0.1, 0.15) is 11.3 Å². The van der Waals surface area contributed by atoms with E-state index in [-0.39, 0.29) is 35.3 Å². The largest absolute Gasteiger partial charge is 0.342 e. The van der Waals surface area contributed by atoms with Crippen molar-refractivity contribution in [2.75, 3.05) is 18.4 Å². The van der Waals surface area contributed by atoms with E-state index in [0.717, 1.165) is 18.5 Å². The molecule has 31 heavy (non-hydrogen) atoms. The van der Waals surface area contributed by atoms with Crippen molar-refractivity contribution in [3.05, 3.63) is 57.0 Å². The summed E-state index contributed by atoms with van der Waals surface area (Å²) < 4.78 is 1.25. The van der Waals surface area contributed by atoms with Gasteiger partial charge in [-0.05, 0) is 25.0 Å². The zero-order valence-electron chi connectivity index (χ0n) is 17.2. The van der Waals surface area contributed by atoms with Gasteiger partial charge >= 0.3 is 5.69 Å². The summed E-state index contributed by atoms with van der Waals surface area (Å²) in [4.78, 5) is 60.0. The maximum atomic E-state index is 12.7. The third kappa shape index (κ3) is 4.42. The normalized spacial score (nSPS) is 16.4. The van der Waals surface area contributed by atoms with Crippen molar-refractivity contribution < 1.29 is 9.59 Å². The highest BCUT2D eigenvalue weighted by molar-refractivity contribution is 5.93. The number of anilines is 1. The van der Waals surface area contributed by atoms with Crippen molar-refractivity contribution in [1.29, 1.82) is 0 Å². The molecule has 1 unspecified atom stereocenters. The second-order valence-electron chi connectivity index (χ2n) is 7.73. The first-order valence-corrected chi connectivity index (χ1v) is 10.2. The van der Waals surface area contributed by atoms with E-state index in [1.807, 2.05) is 30.3 Å².